The van der Waals surface area contributed by atoms with E-state index in [0.717, 1.165) is 41.7 Å². The van der Waals surface area contributed by atoms with Crippen LogP contribution < -0.4 is 5.73 Å². The summed E-state index contributed by atoms with van der Waals surface area (Å²) in [4.78, 5) is 9.68. The van der Waals surface area contributed by atoms with Crippen LogP contribution in [0.5, 0.6) is 0 Å². The average molecular weight is 421 g/mol. The van der Waals surface area contributed by atoms with Crippen molar-refractivity contribution < 1.29 is 30.9 Å². The Hall–Kier alpha value is -2.57. The van der Waals surface area contributed by atoms with E-state index in [1.165, 1.54) is 0 Å². The molecule has 0 saturated carbocycles. The van der Waals surface area contributed by atoms with Crippen molar-refractivity contribution in [2.24, 2.45) is 5.73 Å². The third kappa shape index (κ3) is 4.82. The molecule has 2 aromatic carbocycles. The number of non-ortho nitro benzene ring substituents is 1. The first-order valence-corrected chi connectivity index (χ1v) is 9.10. The minimum Gasteiger partial charge on any atom is -0.323 e. The average Bonchev–Trinajstić information content (AvgIpc) is 2.60. The predicted octanol–water partition coefficient (Wildman–Crippen LogP) is 3.07. The van der Waals surface area contributed by atoms with Gasteiger partial charge in [-0.3, -0.25) is 10.1 Å². The van der Waals surface area contributed by atoms with Gasteiger partial charge in [-0.1, -0.05) is 0 Å². The van der Waals surface area contributed by atoms with Crippen molar-refractivity contribution in [2.75, 3.05) is 13.6 Å². The number of hydrogen-bond donors (Lipinski definition) is 1. The van der Waals surface area contributed by atoms with E-state index in [0.29, 0.717) is 12.1 Å². The fraction of sp³-hybridized carbons (Fsp3) is 0.250. The largest absolute Gasteiger partial charge is 0.416 e. The molecule has 0 fully saturated rings. The lowest BCUT2D eigenvalue weighted by Crippen LogP contribution is -2.34. The number of likely N-dealkylation sites (N-methyl/N-ethyl adjacent to an activating group) is 1. The van der Waals surface area contributed by atoms with Gasteiger partial charge in [-0.05, 0) is 35.9 Å². The Morgan fingerprint density at radius 1 is 1.18 bits per heavy atom. The maximum Gasteiger partial charge on any atom is 0.416 e. The molecule has 152 valence electrons. The molecule has 0 spiro atoms. The van der Waals surface area contributed by atoms with Crippen molar-refractivity contribution in [1.82, 2.24) is 4.31 Å². The Labute approximate surface area is 157 Å². The van der Waals surface area contributed by atoms with Crippen LogP contribution >= 0.6 is 0 Å². The zero-order chi connectivity index (χ0) is 21.3. The van der Waals surface area contributed by atoms with Crippen LogP contribution in [-0.4, -0.2) is 31.2 Å². The molecule has 2 aromatic rings. The molecule has 0 amide bonds. The second-order valence-electron chi connectivity index (χ2n) is 5.91. The number of halogens is 4. The van der Waals surface area contributed by atoms with Gasteiger partial charge >= 0.3 is 6.18 Å². The third-order valence-electron chi connectivity index (χ3n) is 3.89. The summed E-state index contributed by atoms with van der Waals surface area (Å²) in [6, 6.07) is 4.58. The van der Waals surface area contributed by atoms with Crippen molar-refractivity contribution in [1.29, 1.82) is 0 Å². The van der Waals surface area contributed by atoms with Gasteiger partial charge in [-0.25, -0.2) is 12.8 Å². The second kappa shape index (κ2) is 7.81. The van der Waals surface area contributed by atoms with Crippen molar-refractivity contribution >= 4 is 15.7 Å². The number of rotatable bonds is 6. The Balaban J connectivity index is 2.24. The number of nitrogens with zero attached hydrogens (tertiary/aromatic N) is 2. The maximum absolute atomic E-state index is 13.5. The minimum atomic E-state index is -4.78. The topological polar surface area (TPSA) is 107 Å². The van der Waals surface area contributed by atoms with Crippen LogP contribution in [0.3, 0.4) is 0 Å². The quantitative estimate of drug-likeness (QED) is 0.438. The van der Waals surface area contributed by atoms with Crippen molar-refractivity contribution in [3.8, 4) is 0 Å². The lowest BCUT2D eigenvalue weighted by atomic mass is 10.0. The number of nitro benzene ring substituents is 1. The van der Waals surface area contributed by atoms with Gasteiger partial charge in [-0.15, -0.1) is 0 Å². The van der Waals surface area contributed by atoms with Gasteiger partial charge < -0.3 is 5.73 Å². The Bertz CT molecular complexity index is 978. The highest BCUT2D eigenvalue weighted by atomic mass is 32.2. The molecule has 0 bridgehead atoms. The van der Waals surface area contributed by atoms with Crippen LogP contribution in [0.25, 0.3) is 0 Å². The lowest BCUT2D eigenvalue weighted by Gasteiger charge is -2.22. The normalized spacial score (nSPS) is 13.5. The van der Waals surface area contributed by atoms with E-state index in [1.54, 1.807) is 0 Å². The predicted molar refractivity (Wildman–Crippen MR) is 91.2 cm³/mol. The van der Waals surface area contributed by atoms with E-state index in [4.69, 9.17) is 5.73 Å². The number of alkyl halides is 3. The van der Waals surface area contributed by atoms with E-state index in [2.05, 4.69) is 0 Å². The molecular weight excluding hydrogens is 406 g/mol. The molecule has 0 aromatic heterocycles. The molecule has 0 aliphatic heterocycles. The van der Waals surface area contributed by atoms with Gasteiger partial charge in [0, 0.05) is 31.8 Å². The summed E-state index contributed by atoms with van der Waals surface area (Å²) in [6.07, 6.45) is -4.78. The molecule has 1 atom stereocenters. The first-order chi connectivity index (χ1) is 12.8. The van der Waals surface area contributed by atoms with Gasteiger partial charge in [0.25, 0.3) is 5.69 Å². The molecule has 2 rings (SSSR count). The Morgan fingerprint density at radius 2 is 1.75 bits per heavy atom. The monoisotopic (exact) mass is 421 g/mol. The van der Waals surface area contributed by atoms with E-state index < -0.39 is 45.1 Å². The maximum atomic E-state index is 13.5. The number of benzene rings is 2. The van der Waals surface area contributed by atoms with Crippen LogP contribution in [0.1, 0.15) is 17.2 Å². The van der Waals surface area contributed by atoms with Gasteiger partial charge in [0.05, 0.1) is 15.4 Å². The number of nitrogens with two attached hydrogens (primary N) is 1. The molecule has 12 heteroatoms. The third-order valence-corrected chi connectivity index (χ3v) is 5.72. The van der Waals surface area contributed by atoms with Crippen molar-refractivity contribution in [3.63, 3.8) is 0 Å². The summed E-state index contributed by atoms with van der Waals surface area (Å²) in [5.74, 6) is -1.15. The van der Waals surface area contributed by atoms with Gasteiger partial charge in [0.15, 0.2) is 0 Å². The minimum absolute atomic E-state index is 0.224. The molecule has 0 radical (unpaired) electrons. The molecule has 0 aliphatic rings. The summed E-state index contributed by atoms with van der Waals surface area (Å²) in [5, 5.41) is 10.6. The fourth-order valence-electron chi connectivity index (χ4n) is 2.39. The standard InChI is InChI=1S/C16H15F4N3O4S/c1-22(28(26,27)14-4-2-13(3-5-14)23(24)25)9-15(21)10-6-11(16(18,19)20)8-12(17)7-10/h2-8,15H,9,21H2,1H3. The molecule has 2 N–H and O–H groups in total. The van der Waals surface area contributed by atoms with Crippen LogP contribution in [-0.2, 0) is 16.2 Å². The molecule has 1 unspecified atom stereocenters. The molecule has 0 saturated heterocycles. The van der Waals surface area contributed by atoms with Crippen LogP contribution in [0.4, 0.5) is 23.2 Å². The second-order valence-corrected chi connectivity index (χ2v) is 7.96. The zero-order valence-corrected chi connectivity index (χ0v) is 15.2. The van der Waals surface area contributed by atoms with Gasteiger partial charge in [0.2, 0.25) is 10.0 Å². The highest BCUT2D eigenvalue weighted by Crippen LogP contribution is 2.31. The summed E-state index contributed by atoms with van der Waals surface area (Å²) in [6.45, 7) is -0.444. The van der Waals surface area contributed by atoms with Gasteiger partial charge in [0.1, 0.15) is 5.82 Å². The van der Waals surface area contributed by atoms with Crippen LogP contribution in [0.15, 0.2) is 47.4 Å². The van der Waals surface area contributed by atoms with E-state index in [-0.39, 0.29) is 16.1 Å². The lowest BCUT2D eigenvalue weighted by molar-refractivity contribution is -0.384. The highest BCUT2D eigenvalue weighted by Gasteiger charge is 2.32. The highest BCUT2D eigenvalue weighted by molar-refractivity contribution is 7.89. The summed E-state index contributed by atoms with van der Waals surface area (Å²) >= 11 is 0. The van der Waals surface area contributed by atoms with Crippen LogP contribution in [0, 0.1) is 15.9 Å². The summed E-state index contributed by atoms with van der Waals surface area (Å²) in [7, 11) is -2.98. The molecule has 28 heavy (non-hydrogen) atoms. The van der Waals surface area contributed by atoms with E-state index in [9.17, 15) is 36.1 Å². The van der Waals surface area contributed by atoms with Crippen LogP contribution in [0.2, 0.25) is 0 Å². The molecule has 0 heterocycles. The van der Waals surface area contributed by atoms with Gasteiger partial charge in [-0.2, -0.15) is 17.5 Å². The SMILES string of the molecule is CN(CC(N)c1cc(F)cc(C(F)(F)F)c1)S(=O)(=O)c1ccc([N+](=O)[O-])cc1. The van der Waals surface area contributed by atoms with Crippen molar-refractivity contribution in [3.05, 3.63) is 69.5 Å². The smallest absolute Gasteiger partial charge is 0.323 e. The molecule has 7 nitrogen and oxygen atoms in total. The molecular formula is C16H15F4N3O4S. The molecule has 0 aliphatic carbocycles. The zero-order valence-electron chi connectivity index (χ0n) is 14.4. The van der Waals surface area contributed by atoms with E-state index in [1.807, 2.05) is 0 Å². The first-order valence-electron chi connectivity index (χ1n) is 7.66. The van der Waals surface area contributed by atoms with Crippen molar-refractivity contribution in [2.45, 2.75) is 17.1 Å². The first kappa shape index (κ1) is 21.7. The number of sulfonamides is 1. The van der Waals surface area contributed by atoms with E-state index >= 15 is 0 Å². The Kier molecular flexibility index (Phi) is 6.06. The summed E-state index contributed by atoms with van der Waals surface area (Å²) < 4.78 is 77.8. The fourth-order valence-corrected chi connectivity index (χ4v) is 3.59. The number of nitro groups is 1. The number of hydrogen-bond acceptors (Lipinski definition) is 5. The Morgan fingerprint density at radius 3 is 2.25 bits per heavy atom. The summed E-state index contributed by atoms with van der Waals surface area (Å²) in [5.41, 5.74) is 4.02.